The molecule has 0 spiro atoms. The third-order valence-corrected chi connectivity index (χ3v) is 2.94. The zero-order chi connectivity index (χ0) is 15.8. The lowest BCUT2D eigenvalue weighted by Crippen LogP contribution is -2.36. The maximum Gasteiger partial charge on any atom is 0.318 e. The number of nitriles is 1. The Bertz CT molecular complexity index is 564. The van der Waals surface area contributed by atoms with Crippen LogP contribution in [0.25, 0.3) is 0 Å². The number of aryl methyl sites for hydroxylation is 1. The minimum absolute atomic E-state index is 0.0604. The summed E-state index contributed by atoms with van der Waals surface area (Å²) in [5, 5.41) is 10.6. The first-order chi connectivity index (χ1) is 10.7. The Kier molecular flexibility index (Phi) is 5.73. The van der Waals surface area contributed by atoms with E-state index in [1.54, 1.807) is 6.19 Å². The normalized spacial score (nSPS) is 15.3. The molecule has 22 heavy (non-hydrogen) atoms. The number of nitrogens with one attached hydrogen (secondary N) is 1. The van der Waals surface area contributed by atoms with Crippen molar-refractivity contribution in [3.05, 3.63) is 11.8 Å². The fourth-order valence-corrected chi connectivity index (χ4v) is 1.94. The summed E-state index contributed by atoms with van der Waals surface area (Å²) < 4.78 is 10.8. The van der Waals surface area contributed by atoms with Crippen molar-refractivity contribution in [3.8, 4) is 12.2 Å². The van der Waals surface area contributed by atoms with Gasteiger partial charge in [-0.25, -0.2) is 9.98 Å². The molecule has 0 unspecified atom stereocenters. The molecule has 1 aromatic heterocycles. The van der Waals surface area contributed by atoms with E-state index in [1.807, 2.05) is 13.0 Å². The number of nitrogens with zero attached hydrogens (tertiary/aromatic N) is 5. The molecule has 0 bridgehead atoms. The Morgan fingerprint density at radius 2 is 2.32 bits per heavy atom. The quantitative estimate of drug-likeness (QED) is 0.243. The highest BCUT2D eigenvalue weighted by molar-refractivity contribution is 5.79. The van der Waals surface area contributed by atoms with E-state index >= 15 is 0 Å². The summed E-state index contributed by atoms with van der Waals surface area (Å²) in [6, 6.07) is 2.23. The highest BCUT2D eigenvalue weighted by Gasteiger charge is 2.14. The van der Waals surface area contributed by atoms with Gasteiger partial charge in [-0.05, 0) is 6.92 Å². The number of aliphatic imine (C=N–C) groups is 1. The van der Waals surface area contributed by atoms with Crippen molar-refractivity contribution in [2.24, 2.45) is 10.7 Å². The van der Waals surface area contributed by atoms with E-state index in [0.717, 1.165) is 24.6 Å². The fourth-order valence-electron chi connectivity index (χ4n) is 1.94. The van der Waals surface area contributed by atoms with Gasteiger partial charge in [0.1, 0.15) is 12.4 Å². The van der Waals surface area contributed by atoms with Gasteiger partial charge in [0.2, 0.25) is 5.96 Å². The second kappa shape index (κ2) is 7.99. The molecular formula is C13H19N7O2. The van der Waals surface area contributed by atoms with Crippen LogP contribution in [0.5, 0.6) is 6.01 Å². The number of guanidine groups is 1. The van der Waals surface area contributed by atoms with Crippen molar-refractivity contribution in [2.75, 3.05) is 44.4 Å². The van der Waals surface area contributed by atoms with Crippen LogP contribution in [0.4, 0.5) is 5.82 Å². The van der Waals surface area contributed by atoms with Crippen LogP contribution >= 0.6 is 0 Å². The van der Waals surface area contributed by atoms with Crippen LogP contribution in [0.2, 0.25) is 0 Å². The number of anilines is 1. The van der Waals surface area contributed by atoms with Gasteiger partial charge in [-0.15, -0.1) is 0 Å². The number of aromatic nitrogens is 2. The molecule has 0 radical (unpaired) electrons. The molecule has 0 atom stereocenters. The Morgan fingerprint density at radius 1 is 1.55 bits per heavy atom. The Morgan fingerprint density at radius 3 is 3.05 bits per heavy atom. The van der Waals surface area contributed by atoms with Gasteiger partial charge >= 0.3 is 6.01 Å². The number of hydrogen-bond donors (Lipinski definition) is 2. The summed E-state index contributed by atoms with van der Waals surface area (Å²) in [5.74, 6) is 0.894. The third-order valence-electron chi connectivity index (χ3n) is 2.94. The van der Waals surface area contributed by atoms with Gasteiger partial charge in [0, 0.05) is 24.8 Å². The molecule has 1 aliphatic heterocycles. The van der Waals surface area contributed by atoms with Crippen LogP contribution in [-0.2, 0) is 4.74 Å². The van der Waals surface area contributed by atoms with E-state index in [9.17, 15) is 0 Å². The second-order valence-electron chi connectivity index (χ2n) is 4.60. The van der Waals surface area contributed by atoms with Crippen molar-refractivity contribution in [2.45, 2.75) is 6.92 Å². The van der Waals surface area contributed by atoms with Gasteiger partial charge in [-0.1, -0.05) is 0 Å². The second-order valence-corrected chi connectivity index (χ2v) is 4.60. The molecule has 0 aliphatic carbocycles. The van der Waals surface area contributed by atoms with E-state index in [4.69, 9.17) is 20.5 Å². The molecule has 1 saturated heterocycles. The first kappa shape index (κ1) is 15.8. The smallest absolute Gasteiger partial charge is 0.318 e. The van der Waals surface area contributed by atoms with Gasteiger partial charge in [-0.3, -0.25) is 5.32 Å². The van der Waals surface area contributed by atoms with Crippen LogP contribution in [0.3, 0.4) is 0 Å². The van der Waals surface area contributed by atoms with Gasteiger partial charge in [0.15, 0.2) is 6.19 Å². The summed E-state index contributed by atoms with van der Waals surface area (Å²) in [6.07, 6.45) is 1.69. The van der Waals surface area contributed by atoms with Gasteiger partial charge < -0.3 is 20.1 Å². The minimum Gasteiger partial charge on any atom is -0.461 e. The third kappa shape index (κ3) is 4.75. The van der Waals surface area contributed by atoms with Crippen LogP contribution < -0.4 is 20.7 Å². The minimum atomic E-state index is 0.0604. The molecule has 1 fully saturated rings. The van der Waals surface area contributed by atoms with E-state index in [-0.39, 0.29) is 12.6 Å². The predicted molar refractivity (Wildman–Crippen MR) is 80.5 cm³/mol. The lowest BCUT2D eigenvalue weighted by atomic mass is 10.3. The van der Waals surface area contributed by atoms with Crippen molar-refractivity contribution in [3.63, 3.8) is 0 Å². The average Bonchev–Trinajstić information content (AvgIpc) is 2.52. The number of rotatable bonds is 5. The van der Waals surface area contributed by atoms with Crippen molar-refractivity contribution >= 4 is 11.8 Å². The molecular weight excluding hydrogens is 286 g/mol. The highest BCUT2D eigenvalue weighted by Crippen LogP contribution is 2.17. The molecule has 2 rings (SSSR count). The van der Waals surface area contributed by atoms with Crippen LogP contribution in [0, 0.1) is 18.4 Å². The maximum atomic E-state index is 8.37. The van der Waals surface area contributed by atoms with Crippen LogP contribution in [0.15, 0.2) is 11.1 Å². The Labute approximate surface area is 128 Å². The van der Waals surface area contributed by atoms with Crippen LogP contribution in [-0.4, -0.2) is 55.4 Å². The molecule has 9 heteroatoms. The average molecular weight is 305 g/mol. The zero-order valence-corrected chi connectivity index (χ0v) is 12.4. The lowest BCUT2D eigenvalue weighted by molar-refractivity contribution is 0.122. The standard InChI is InChI=1S/C13H19N7O2/c1-10-8-11(20-3-6-21-7-4-20)19-13(18-10)22-5-2-16-12(15)17-9-14/h8H,2-7H2,1H3,(H3,15,16,17). The van der Waals surface area contributed by atoms with Crippen molar-refractivity contribution in [1.82, 2.24) is 15.3 Å². The molecule has 0 amide bonds. The lowest BCUT2D eigenvalue weighted by Gasteiger charge is -2.28. The van der Waals surface area contributed by atoms with E-state index < -0.39 is 0 Å². The summed E-state index contributed by atoms with van der Waals surface area (Å²) >= 11 is 0. The largest absolute Gasteiger partial charge is 0.461 e. The molecule has 2 heterocycles. The Hall–Kier alpha value is -2.60. The maximum absolute atomic E-state index is 8.37. The van der Waals surface area contributed by atoms with Gasteiger partial charge in [-0.2, -0.15) is 10.2 Å². The summed E-state index contributed by atoms with van der Waals surface area (Å²) in [6.45, 7) is 5.47. The van der Waals surface area contributed by atoms with E-state index in [0.29, 0.717) is 25.8 Å². The first-order valence-corrected chi connectivity index (χ1v) is 6.95. The molecule has 1 aromatic rings. The molecule has 1 aliphatic rings. The predicted octanol–water partition coefficient (Wildman–Crippen LogP) is -0.614. The summed E-state index contributed by atoms with van der Waals surface area (Å²) in [4.78, 5) is 14.7. The van der Waals surface area contributed by atoms with Gasteiger partial charge in [0.25, 0.3) is 0 Å². The number of ether oxygens (including phenoxy) is 2. The fraction of sp³-hybridized carbons (Fsp3) is 0.538. The molecule has 0 aromatic carbocycles. The molecule has 0 saturated carbocycles. The number of hydrogen-bond acceptors (Lipinski definition) is 7. The number of nitrogens with two attached hydrogens (primary N) is 1. The monoisotopic (exact) mass is 305 g/mol. The van der Waals surface area contributed by atoms with E-state index in [1.165, 1.54) is 0 Å². The van der Waals surface area contributed by atoms with Crippen molar-refractivity contribution in [1.29, 1.82) is 5.26 Å². The van der Waals surface area contributed by atoms with E-state index in [2.05, 4.69) is 25.2 Å². The van der Waals surface area contributed by atoms with Crippen LogP contribution in [0.1, 0.15) is 5.69 Å². The molecule has 3 N–H and O–H groups in total. The number of morpholine rings is 1. The first-order valence-electron chi connectivity index (χ1n) is 6.95. The topological polar surface area (TPSA) is 122 Å². The van der Waals surface area contributed by atoms with Gasteiger partial charge in [0.05, 0.1) is 19.8 Å². The zero-order valence-electron chi connectivity index (χ0n) is 12.4. The summed E-state index contributed by atoms with van der Waals surface area (Å²) in [7, 11) is 0. The summed E-state index contributed by atoms with van der Waals surface area (Å²) in [5.41, 5.74) is 6.25. The molecule has 118 valence electrons. The van der Waals surface area contributed by atoms with Crippen molar-refractivity contribution < 1.29 is 9.47 Å². The SMILES string of the molecule is Cc1cc(N2CCOCC2)nc(OCCN=C(N)NC#N)n1. The highest BCUT2D eigenvalue weighted by atomic mass is 16.5. The molecule has 9 nitrogen and oxygen atoms in total. The Balaban J connectivity index is 1.92.